The Morgan fingerprint density at radius 3 is 2.48 bits per heavy atom. The number of benzene rings is 1. The molecular formula is C19H24N4O2. The molecule has 25 heavy (non-hydrogen) atoms. The second-order valence-electron chi connectivity index (χ2n) is 7.19. The third kappa shape index (κ3) is 2.49. The molecule has 132 valence electrons. The largest absolute Gasteiger partial charge is 0.350 e. The van der Waals surface area contributed by atoms with Gasteiger partial charge in [0.25, 0.3) is 5.91 Å². The number of primary amides is 1. The van der Waals surface area contributed by atoms with E-state index in [1.54, 1.807) is 17.7 Å². The Kier molecular flexibility index (Phi) is 3.86. The van der Waals surface area contributed by atoms with E-state index < -0.39 is 6.03 Å². The molecule has 1 unspecified atom stereocenters. The first-order valence-electron chi connectivity index (χ1n) is 8.34. The molecule has 0 spiro atoms. The molecule has 1 aliphatic rings. The van der Waals surface area contributed by atoms with Crippen molar-refractivity contribution in [3.8, 4) is 0 Å². The molecule has 3 N–H and O–H groups in total. The standard InChI is InChI=1S/C19H24N4O2/c1-11-10-14(12(2)23(11)21-18(20)25)17(24)22-13(3)19(4,5)15-8-6-7-9-16(15)22/h6-10,13H,1-5H3,(H3,20,21,25). The number of urea groups is 1. The number of para-hydroxylation sites is 1. The minimum atomic E-state index is -0.665. The van der Waals surface area contributed by atoms with Crippen molar-refractivity contribution in [1.29, 1.82) is 0 Å². The number of nitrogens with two attached hydrogens (primary N) is 1. The summed E-state index contributed by atoms with van der Waals surface area (Å²) in [6, 6.07) is 9.16. The van der Waals surface area contributed by atoms with Gasteiger partial charge in [-0.1, -0.05) is 32.0 Å². The number of rotatable bonds is 2. The molecule has 1 atom stereocenters. The number of aromatic nitrogens is 1. The Hall–Kier alpha value is -2.76. The van der Waals surface area contributed by atoms with Crippen LogP contribution in [0.5, 0.6) is 0 Å². The second kappa shape index (κ2) is 5.65. The zero-order chi connectivity index (χ0) is 18.5. The van der Waals surface area contributed by atoms with Gasteiger partial charge in [0.1, 0.15) is 0 Å². The molecule has 0 aliphatic carbocycles. The molecule has 2 heterocycles. The lowest BCUT2D eigenvalue weighted by Gasteiger charge is -2.30. The fraction of sp³-hybridized carbons (Fsp3) is 0.368. The zero-order valence-electron chi connectivity index (χ0n) is 15.3. The number of anilines is 1. The Balaban J connectivity index is 2.07. The minimum Gasteiger partial charge on any atom is -0.350 e. The Morgan fingerprint density at radius 2 is 1.84 bits per heavy atom. The van der Waals surface area contributed by atoms with E-state index in [4.69, 9.17) is 5.73 Å². The molecule has 0 saturated carbocycles. The van der Waals surface area contributed by atoms with E-state index in [2.05, 4.69) is 32.3 Å². The molecule has 1 aromatic heterocycles. The predicted molar refractivity (Wildman–Crippen MR) is 98.6 cm³/mol. The number of nitrogens with one attached hydrogen (secondary N) is 1. The molecule has 0 radical (unpaired) electrons. The highest BCUT2D eigenvalue weighted by Gasteiger charge is 2.44. The van der Waals surface area contributed by atoms with E-state index in [0.29, 0.717) is 11.3 Å². The highest BCUT2D eigenvalue weighted by atomic mass is 16.2. The molecule has 0 bridgehead atoms. The first kappa shape index (κ1) is 17.1. The predicted octanol–water partition coefficient (Wildman–Crippen LogP) is 3.05. The molecule has 0 saturated heterocycles. The van der Waals surface area contributed by atoms with Crippen molar-refractivity contribution in [3.05, 3.63) is 52.8 Å². The van der Waals surface area contributed by atoms with Crippen molar-refractivity contribution in [2.24, 2.45) is 5.73 Å². The number of carbonyl (C=O) groups is 2. The zero-order valence-corrected chi connectivity index (χ0v) is 15.3. The molecule has 2 aromatic rings. The van der Waals surface area contributed by atoms with E-state index >= 15 is 0 Å². The Morgan fingerprint density at radius 1 is 1.20 bits per heavy atom. The van der Waals surface area contributed by atoms with Gasteiger partial charge in [-0.05, 0) is 38.5 Å². The molecule has 3 amide bonds. The molecular weight excluding hydrogens is 316 g/mol. The summed E-state index contributed by atoms with van der Waals surface area (Å²) < 4.78 is 1.55. The van der Waals surface area contributed by atoms with Crippen molar-refractivity contribution in [3.63, 3.8) is 0 Å². The van der Waals surface area contributed by atoms with Crippen LogP contribution in [0.3, 0.4) is 0 Å². The van der Waals surface area contributed by atoms with Crippen LogP contribution in [0.1, 0.15) is 48.1 Å². The maximum absolute atomic E-state index is 13.3. The Labute approximate surface area is 147 Å². The quantitative estimate of drug-likeness (QED) is 0.881. The van der Waals surface area contributed by atoms with Gasteiger partial charge >= 0.3 is 6.03 Å². The van der Waals surface area contributed by atoms with E-state index in [-0.39, 0.29) is 17.4 Å². The van der Waals surface area contributed by atoms with E-state index in [9.17, 15) is 9.59 Å². The van der Waals surface area contributed by atoms with Crippen LogP contribution >= 0.6 is 0 Å². The SMILES string of the molecule is Cc1cc(C(=O)N2c3ccccc3C(C)(C)C2C)c(C)n1NC(N)=O. The lowest BCUT2D eigenvalue weighted by Crippen LogP contribution is -2.42. The van der Waals surface area contributed by atoms with Crippen LogP contribution in [0, 0.1) is 13.8 Å². The lowest BCUT2D eigenvalue weighted by molar-refractivity contribution is 0.0974. The van der Waals surface area contributed by atoms with Gasteiger partial charge in [-0.25, -0.2) is 10.2 Å². The van der Waals surface area contributed by atoms with Gasteiger partial charge in [0.05, 0.1) is 5.56 Å². The minimum absolute atomic E-state index is 0.0181. The molecule has 6 heteroatoms. The summed E-state index contributed by atoms with van der Waals surface area (Å²) in [5, 5.41) is 0. The maximum atomic E-state index is 13.3. The topological polar surface area (TPSA) is 80.4 Å². The number of fused-ring (bicyclic) bond motifs is 1. The third-order valence-electron chi connectivity index (χ3n) is 5.39. The summed E-state index contributed by atoms with van der Waals surface area (Å²) >= 11 is 0. The Bertz CT molecular complexity index is 866. The number of amides is 3. The van der Waals surface area contributed by atoms with Gasteiger partial charge in [-0.2, -0.15) is 0 Å². The summed E-state index contributed by atoms with van der Waals surface area (Å²) in [5.41, 5.74) is 11.7. The number of hydrogen-bond donors (Lipinski definition) is 2. The highest BCUT2D eigenvalue weighted by Crippen LogP contribution is 2.45. The number of aryl methyl sites for hydroxylation is 1. The van der Waals surface area contributed by atoms with Crippen molar-refractivity contribution < 1.29 is 9.59 Å². The van der Waals surface area contributed by atoms with Crippen LogP contribution in [-0.4, -0.2) is 22.7 Å². The van der Waals surface area contributed by atoms with Gasteiger partial charge in [-0.3, -0.25) is 9.47 Å². The molecule has 1 aliphatic heterocycles. The first-order chi connectivity index (χ1) is 11.7. The molecule has 0 fully saturated rings. The smallest absolute Gasteiger partial charge is 0.331 e. The fourth-order valence-electron chi connectivity index (χ4n) is 3.66. The monoisotopic (exact) mass is 340 g/mol. The van der Waals surface area contributed by atoms with Gasteiger partial charge < -0.3 is 10.6 Å². The van der Waals surface area contributed by atoms with Crippen LogP contribution < -0.4 is 16.1 Å². The third-order valence-corrected chi connectivity index (χ3v) is 5.39. The van der Waals surface area contributed by atoms with Crippen LogP contribution in [-0.2, 0) is 5.41 Å². The average molecular weight is 340 g/mol. The van der Waals surface area contributed by atoms with Crippen molar-refractivity contribution in [2.45, 2.75) is 46.1 Å². The summed E-state index contributed by atoms with van der Waals surface area (Å²) in [6.45, 7) is 10.0. The van der Waals surface area contributed by atoms with Gasteiger partial charge in [0, 0.05) is 28.5 Å². The van der Waals surface area contributed by atoms with Crippen LogP contribution in [0.15, 0.2) is 30.3 Å². The summed E-state index contributed by atoms with van der Waals surface area (Å²) in [6.07, 6.45) is 0. The summed E-state index contributed by atoms with van der Waals surface area (Å²) in [4.78, 5) is 26.4. The van der Waals surface area contributed by atoms with E-state index in [0.717, 1.165) is 11.4 Å². The fourth-order valence-corrected chi connectivity index (χ4v) is 3.66. The normalized spacial score (nSPS) is 18.1. The van der Waals surface area contributed by atoms with Crippen LogP contribution in [0.2, 0.25) is 0 Å². The summed E-state index contributed by atoms with van der Waals surface area (Å²) in [7, 11) is 0. The maximum Gasteiger partial charge on any atom is 0.331 e. The molecule has 1 aromatic carbocycles. The molecule has 3 rings (SSSR count). The van der Waals surface area contributed by atoms with Crippen molar-refractivity contribution in [1.82, 2.24) is 4.68 Å². The number of hydrogen-bond acceptors (Lipinski definition) is 2. The number of carbonyl (C=O) groups excluding carboxylic acids is 2. The second-order valence-corrected chi connectivity index (χ2v) is 7.19. The van der Waals surface area contributed by atoms with E-state index in [1.165, 1.54) is 5.56 Å². The van der Waals surface area contributed by atoms with E-state index in [1.807, 2.05) is 30.0 Å². The lowest BCUT2D eigenvalue weighted by atomic mass is 9.81. The average Bonchev–Trinajstić information content (AvgIpc) is 2.93. The number of nitrogens with zero attached hydrogens (tertiary/aromatic N) is 2. The summed E-state index contributed by atoms with van der Waals surface area (Å²) in [5.74, 6) is -0.0730. The van der Waals surface area contributed by atoms with Crippen LogP contribution in [0.4, 0.5) is 10.5 Å². The van der Waals surface area contributed by atoms with Gasteiger partial charge in [0.2, 0.25) is 0 Å². The van der Waals surface area contributed by atoms with Crippen LogP contribution in [0.25, 0.3) is 0 Å². The van der Waals surface area contributed by atoms with Gasteiger partial charge in [0.15, 0.2) is 0 Å². The first-order valence-corrected chi connectivity index (χ1v) is 8.34. The molecule has 6 nitrogen and oxygen atoms in total. The van der Waals surface area contributed by atoms with Gasteiger partial charge in [-0.15, -0.1) is 0 Å². The highest BCUT2D eigenvalue weighted by molar-refractivity contribution is 6.09. The van der Waals surface area contributed by atoms with Crippen molar-refractivity contribution >= 4 is 17.6 Å². The van der Waals surface area contributed by atoms with Crippen molar-refractivity contribution in [2.75, 3.05) is 10.3 Å².